The summed E-state index contributed by atoms with van der Waals surface area (Å²) in [4.78, 5) is 56.5. The van der Waals surface area contributed by atoms with Crippen molar-refractivity contribution in [1.82, 2.24) is 15.5 Å². The molecule has 11 heteroatoms. The summed E-state index contributed by atoms with van der Waals surface area (Å²) in [6, 6.07) is 5.47. The van der Waals surface area contributed by atoms with E-state index in [1.54, 1.807) is 26.0 Å². The number of carbonyl (C=O) groups excluding carboxylic acids is 4. The Morgan fingerprint density at radius 2 is 1.67 bits per heavy atom. The number of nitrogens with two attached hydrogens (primary N) is 2. The highest BCUT2D eigenvalue weighted by Crippen LogP contribution is 2.29. The standard InChI is InChI=1S/C34H55N5O6/c1-21(2)25(19-29(40)26(35)17-23-11-7-5-8-12-23)32(42)39(34(44)28-20-45-16-15-37-28)33(43)27(18-24-13-9-6-10-14-24)38-31(41)30(36)22(3)4/h6,9-10,13-14,21-23,25-30,37,40H,5,7-8,11-12,15-20,35-36H2,1-4H3,(H,38,41)/t25?,26-,27?,28?,29-,30-/m0/s1. The molecule has 1 aromatic rings. The number of imide groups is 3. The lowest BCUT2D eigenvalue weighted by molar-refractivity contribution is -0.161. The Kier molecular flexibility index (Phi) is 14.6. The molecule has 4 amide bonds. The summed E-state index contributed by atoms with van der Waals surface area (Å²) < 4.78 is 5.49. The summed E-state index contributed by atoms with van der Waals surface area (Å²) in [6.45, 7) is 8.00. The summed E-state index contributed by atoms with van der Waals surface area (Å²) in [5.74, 6) is -3.84. The van der Waals surface area contributed by atoms with Gasteiger partial charge < -0.3 is 31.9 Å². The van der Waals surface area contributed by atoms with Crippen LogP contribution in [0.5, 0.6) is 0 Å². The second kappa shape index (κ2) is 17.9. The number of aliphatic hydroxyl groups is 1. The first kappa shape index (κ1) is 36.8. The SMILES string of the molecule is CC(C)C(C[C@H](O)[C@@H](N)CC1CCCCC1)C(=O)N(C(=O)C1COCCN1)C(=O)C(Cc1ccccc1)NC(=O)[C@@H](N)C(C)C. The highest BCUT2D eigenvalue weighted by molar-refractivity contribution is 6.14. The Balaban J connectivity index is 1.92. The van der Waals surface area contributed by atoms with E-state index < -0.39 is 59.8 Å². The van der Waals surface area contributed by atoms with Gasteiger partial charge in [0.15, 0.2) is 0 Å². The molecule has 11 nitrogen and oxygen atoms in total. The fourth-order valence-corrected chi connectivity index (χ4v) is 6.21. The van der Waals surface area contributed by atoms with Crippen LogP contribution in [0.2, 0.25) is 0 Å². The maximum atomic E-state index is 14.4. The number of carbonyl (C=O) groups is 4. The van der Waals surface area contributed by atoms with Crippen LogP contribution in [0.4, 0.5) is 0 Å². The second-order valence-electron chi connectivity index (χ2n) is 13.5. The van der Waals surface area contributed by atoms with E-state index in [9.17, 15) is 24.3 Å². The molecule has 45 heavy (non-hydrogen) atoms. The van der Waals surface area contributed by atoms with Crippen LogP contribution in [-0.2, 0) is 30.3 Å². The fourth-order valence-electron chi connectivity index (χ4n) is 6.21. The Morgan fingerprint density at radius 3 is 2.24 bits per heavy atom. The molecule has 3 unspecified atom stereocenters. The van der Waals surface area contributed by atoms with Gasteiger partial charge in [0.25, 0.3) is 11.8 Å². The van der Waals surface area contributed by atoms with Crippen molar-refractivity contribution in [3.63, 3.8) is 0 Å². The third kappa shape index (κ3) is 10.7. The molecule has 0 radical (unpaired) electrons. The average molecular weight is 630 g/mol. The molecule has 3 rings (SSSR count). The second-order valence-corrected chi connectivity index (χ2v) is 13.5. The predicted octanol–water partition coefficient (Wildman–Crippen LogP) is 1.89. The van der Waals surface area contributed by atoms with E-state index in [1.165, 1.54) is 6.42 Å². The Labute approximate surface area is 268 Å². The van der Waals surface area contributed by atoms with Gasteiger partial charge in [0.05, 0.1) is 25.4 Å². The van der Waals surface area contributed by atoms with E-state index in [0.29, 0.717) is 30.4 Å². The first-order valence-electron chi connectivity index (χ1n) is 16.7. The summed E-state index contributed by atoms with van der Waals surface area (Å²) in [5.41, 5.74) is 13.3. The zero-order valence-electron chi connectivity index (χ0n) is 27.5. The quantitative estimate of drug-likeness (QED) is 0.206. The van der Waals surface area contributed by atoms with Crippen LogP contribution >= 0.6 is 0 Å². The van der Waals surface area contributed by atoms with Gasteiger partial charge in [0, 0.05) is 24.9 Å². The first-order valence-corrected chi connectivity index (χ1v) is 16.7. The van der Waals surface area contributed by atoms with Gasteiger partial charge >= 0.3 is 0 Å². The molecule has 1 heterocycles. The van der Waals surface area contributed by atoms with E-state index in [-0.39, 0.29) is 31.3 Å². The lowest BCUT2D eigenvalue weighted by Gasteiger charge is -2.35. The Bertz CT molecular complexity index is 1100. The minimum atomic E-state index is -1.24. The number of morpholine rings is 1. The maximum Gasteiger partial charge on any atom is 0.258 e. The van der Waals surface area contributed by atoms with Crippen molar-refractivity contribution in [2.75, 3.05) is 19.8 Å². The van der Waals surface area contributed by atoms with Crippen LogP contribution < -0.4 is 22.1 Å². The van der Waals surface area contributed by atoms with Crippen molar-refractivity contribution < 1.29 is 29.0 Å². The monoisotopic (exact) mass is 629 g/mol. The lowest BCUT2D eigenvalue weighted by atomic mass is 9.81. The Hall–Kier alpha value is -2.70. The van der Waals surface area contributed by atoms with Crippen molar-refractivity contribution in [2.45, 2.75) is 109 Å². The molecule has 7 N–H and O–H groups in total. The number of amides is 4. The molecule has 2 fully saturated rings. The molecule has 6 atom stereocenters. The summed E-state index contributed by atoms with van der Waals surface area (Å²) in [5, 5.41) is 17.0. The zero-order valence-corrected chi connectivity index (χ0v) is 27.5. The van der Waals surface area contributed by atoms with Crippen molar-refractivity contribution in [3.8, 4) is 0 Å². The summed E-state index contributed by atoms with van der Waals surface area (Å²) in [7, 11) is 0. The fraction of sp³-hybridized carbons (Fsp3) is 0.706. The van der Waals surface area contributed by atoms with Crippen LogP contribution in [0.25, 0.3) is 0 Å². The zero-order chi connectivity index (χ0) is 33.1. The van der Waals surface area contributed by atoms with Crippen molar-refractivity contribution in [1.29, 1.82) is 0 Å². The van der Waals surface area contributed by atoms with E-state index in [1.807, 2.05) is 32.0 Å². The number of benzene rings is 1. The van der Waals surface area contributed by atoms with Crippen LogP contribution in [0.3, 0.4) is 0 Å². The molecule has 1 aromatic carbocycles. The van der Waals surface area contributed by atoms with Crippen LogP contribution in [0.15, 0.2) is 30.3 Å². The third-order valence-corrected chi connectivity index (χ3v) is 9.24. The van der Waals surface area contributed by atoms with Gasteiger partial charge in [-0.3, -0.25) is 19.2 Å². The Morgan fingerprint density at radius 1 is 1.00 bits per heavy atom. The minimum Gasteiger partial charge on any atom is -0.391 e. The van der Waals surface area contributed by atoms with Gasteiger partial charge in [0.2, 0.25) is 11.8 Å². The van der Waals surface area contributed by atoms with E-state index in [0.717, 1.165) is 31.2 Å². The normalized spacial score (nSPS) is 21.0. The van der Waals surface area contributed by atoms with Gasteiger partial charge in [-0.2, -0.15) is 0 Å². The number of nitrogens with zero attached hydrogens (tertiary/aromatic N) is 1. The molecule has 1 aliphatic carbocycles. The number of ether oxygens (including phenoxy) is 1. The maximum absolute atomic E-state index is 14.4. The summed E-state index contributed by atoms with van der Waals surface area (Å²) >= 11 is 0. The number of hydrogen-bond acceptors (Lipinski definition) is 9. The van der Waals surface area contributed by atoms with Crippen molar-refractivity contribution >= 4 is 23.6 Å². The minimum absolute atomic E-state index is 0.00394. The molecule has 0 aromatic heterocycles. The molecular weight excluding hydrogens is 574 g/mol. The molecule has 1 saturated heterocycles. The van der Waals surface area contributed by atoms with E-state index in [4.69, 9.17) is 16.2 Å². The van der Waals surface area contributed by atoms with Gasteiger partial charge in [-0.1, -0.05) is 90.1 Å². The highest BCUT2D eigenvalue weighted by Gasteiger charge is 2.43. The van der Waals surface area contributed by atoms with Crippen molar-refractivity contribution in [3.05, 3.63) is 35.9 Å². The molecule has 1 saturated carbocycles. The molecule has 1 aliphatic heterocycles. The number of hydrogen-bond donors (Lipinski definition) is 5. The molecular formula is C34H55N5O6. The first-order chi connectivity index (χ1) is 21.4. The van der Waals surface area contributed by atoms with Gasteiger partial charge in [-0.05, 0) is 36.2 Å². The third-order valence-electron chi connectivity index (χ3n) is 9.24. The van der Waals surface area contributed by atoms with Crippen molar-refractivity contribution in [2.24, 2.45) is 35.1 Å². The molecule has 0 spiro atoms. The number of nitrogens with one attached hydrogen (secondary N) is 2. The molecule has 252 valence electrons. The van der Waals surface area contributed by atoms with E-state index >= 15 is 0 Å². The summed E-state index contributed by atoms with van der Waals surface area (Å²) in [6.07, 6.45) is 5.40. The van der Waals surface area contributed by atoms with Gasteiger partial charge in [-0.15, -0.1) is 0 Å². The molecule has 2 aliphatic rings. The number of rotatable bonds is 14. The molecule has 0 bridgehead atoms. The van der Waals surface area contributed by atoms with E-state index in [2.05, 4.69) is 10.6 Å². The number of aliphatic hydroxyl groups excluding tert-OH is 1. The smallest absolute Gasteiger partial charge is 0.258 e. The predicted molar refractivity (Wildman–Crippen MR) is 172 cm³/mol. The van der Waals surface area contributed by atoms with Crippen LogP contribution in [-0.4, -0.2) is 83.7 Å². The highest BCUT2D eigenvalue weighted by atomic mass is 16.5. The lowest BCUT2D eigenvalue weighted by Crippen LogP contribution is -2.62. The van der Waals surface area contributed by atoms with Gasteiger partial charge in [0.1, 0.15) is 12.1 Å². The largest absolute Gasteiger partial charge is 0.391 e. The van der Waals surface area contributed by atoms with Crippen LogP contribution in [0, 0.1) is 23.7 Å². The topological polar surface area (TPSA) is 177 Å². The van der Waals surface area contributed by atoms with Crippen LogP contribution in [0.1, 0.15) is 78.2 Å². The average Bonchev–Trinajstić information content (AvgIpc) is 3.03. The van der Waals surface area contributed by atoms with Gasteiger partial charge in [-0.25, -0.2) is 4.90 Å².